The number of hydrogen-bond donors (Lipinski definition) is 3. The minimum atomic E-state index is -3.76. The number of amides is 1. The van der Waals surface area contributed by atoms with Gasteiger partial charge >= 0.3 is 5.69 Å². The molecular formula is C30H37F2N5O5S. The standard InChI is InChI=1S/C30H37F2N5O5S/c1-35-24-5-3-20(18-26(24)37(28(35)40)22-6-8-30(31,32)9-7-22)33-27(39)23-4-2-21(34-43(41,42)17-16-38)19-25(23)36-14-12-29(10-11-29)13-15-36/h2-5,18-19,22,34,38H,6-17H2,1H3,(H,33,39). The van der Waals surface area contributed by atoms with Gasteiger partial charge in [0.2, 0.25) is 15.9 Å². The highest BCUT2D eigenvalue weighted by Gasteiger charge is 2.44. The van der Waals surface area contributed by atoms with Crippen molar-refractivity contribution in [2.75, 3.05) is 40.4 Å². The van der Waals surface area contributed by atoms with Crippen molar-refractivity contribution in [1.82, 2.24) is 9.13 Å². The molecule has 1 amide bonds. The van der Waals surface area contributed by atoms with Crippen LogP contribution in [-0.4, -0.2) is 59.9 Å². The first-order valence-electron chi connectivity index (χ1n) is 14.8. The van der Waals surface area contributed by atoms with Crippen LogP contribution in [0.1, 0.15) is 67.8 Å². The maximum atomic E-state index is 13.8. The van der Waals surface area contributed by atoms with Crippen molar-refractivity contribution in [3.8, 4) is 0 Å². The molecule has 232 valence electrons. The molecule has 1 saturated heterocycles. The number of nitrogens with one attached hydrogen (secondary N) is 2. The fourth-order valence-electron chi connectivity index (χ4n) is 6.58. The van der Waals surface area contributed by atoms with Gasteiger partial charge in [-0.3, -0.25) is 18.7 Å². The van der Waals surface area contributed by atoms with Crippen LogP contribution in [-0.2, 0) is 17.1 Å². The van der Waals surface area contributed by atoms with E-state index in [0.29, 0.717) is 39.1 Å². The molecule has 3 aromatic rings. The molecule has 1 aromatic heterocycles. The summed E-state index contributed by atoms with van der Waals surface area (Å²) in [5.41, 5.74) is 3.06. The lowest BCUT2D eigenvalue weighted by molar-refractivity contribution is -0.0439. The number of aromatic nitrogens is 2. The van der Waals surface area contributed by atoms with Crippen LogP contribution in [0, 0.1) is 5.41 Å². The van der Waals surface area contributed by atoms with Crippen molar-refractivity contribution in [3.63, 3.8) is 0 Å². The summed E-state index contributed by atoms with van der Waals surface area (Å²) in [7, 11) is -2.11. The van der Waals surface area contributed by atoms with Crippen molar-refractivity contribution in [2.45, 2.75) is 63.3 Å². The maximum absolute atomic E-state index is 13.8. The van der Waals surface area contributed by atoms with Gasteiger partial charge < -0.3 is 15.3 Å². The van der Waals surface area contributed by atoms with Crippen LogP contribution in [0.5, 0.6) is 0 Å². The number of alkyl halides is 2. The minimum Gasteiger partial charge on any atom is -0.395 e. The fraction of sp³-hybridized carbons (Fsp3) is 0.533. The summed E-state index contributed by atoms with van der Waals surface area (Å²) in [5.74, 6) is -3.55. The maximum Gasteiger partial charge on any atom is 0.329 e. The van der Waals surface area contributed by atoms with Gasteiger partial charge in [0, 0.05) is 44.7 Å². The molecule has 1 spiro atoms. The Kier molecular flexibility index (Phi) is 7.52. The molecule has 3 N–H and O–H groups in total. The van der Waals surface area contributed by atoms with Crippen LogP contribution < -0.4 is 20.6 Å². The fourth-order valence-corrected chi connectivity index (χ4v) is 7.41. The zero-order chi connectivity index (χ0) is 30.6. The zero-order valence-electron chi connectivity index (χ0n) is 24.1. The van der Waals surface area contributed by atoms with Gasteiger partial charge in [0.1, 0.15) is 0 Å². The van der Waals surface area contributed by atoms with Crippen LogP contribution in [0.2, 0.25) is 0 Å². The predicted molar refractivity (Wildman–Crippen MR) is 162 cm³/mol. The largest absolute Gasteiger partial charge is 0.395 e. The van der Waals surface area contributed by atoms with Gasteiger partial charge in [0.05, 0.1) is 40.3 Å². The number of fused-ring (bicyclic) bond motifs is 1. The molecule has 10 nitrogen and oxygen atoms in total. The van der Waals surface area contributed by atoms with Crippen molar-refractivity contribution < 1.29 is 27.1 Å². The average Bonchev–Trinajstić information content (AvgIpc) is 3.66. The number of carbonyl (C=O) groups is 1. The lowest BCUT2D eigenvalue weighted by Crippen LogP contribution is -2.35. The monoisotopic (exact) mass is 617 g/mol. The van der Waals surface area contributed by atoms with Gasteiger partial charge in [-0.05, 0) is 80.3 Å². The Morgan fingerprint density at radius 2 is 1.65 bits per heavy atom. The molecule has 2 aliphatic carbocycles. The Balaban J connectivity index is 1.30. The Labute approximate surface area is 248 Å². The van der Waals surface area contributed by atoms with Crippen LogP contribution in [0.4, 0.5) is 25.8 Å². The summed E-state index contributed by atoms with van der Waals surface area (Å²) < 4.78 is 57.9. The highest BCUT2D eigenvalue weighted by atomic mass is 32.2. The van der Waals surface area contributed by atoms with E-state index >= 15 is 0 Å². The third kappa shape index (κ3) is 6.01. The number of piperidine rings is 1. The summed E-state index contributed by atoms with van der Waals surface area (Å²) in [5, 5.41) is 12.1. The lowest BCUT2D eigenvalue weighted by Gasteiger charge is -2.35. The van der Waals surface area contributed by atoms with Crippen molar-refractivity contribution in [2.24, 2.45) is 12.5 Å². The molecule has 3 fully saturated rings. The van der Waals surface area contributed by atoms with Gasteiger partial charge in [-0.15, -0.1) is 0 Å². The number of carbonyl (C=O) groups excluding carboxylic acids is 1. The molecule has 2 heterocycles. The van der Waals surface area contributed by atoms with Gasteiger partial charge in [-0.1, -0.05) is 0 Å². The van der Waals surface area contributed by atoms with Crippen LogP contribution in [0.25, 0.3) is 11.0 Å². The van der Waals surface area contributed by atoms with E-state index in [9.17, 15) is 26.8 Å². The molecule has 6 rings (SSSR count). The van der Waals surface area contributed by atoms with E-state index < -0.39 is 34.2 Å². The molecule has 2 saturated carbocycles. The molecule has 1 aliphatic heterocycles. The number of hydrogen-bond acceptors (Lipinski definition) is 6. The van der Waals surface area contributed by atoms with Crippen LogP contribution in [0.15, 0.2) is 41.2 Å². The van der Waals surface area contributed by atoms with E-state index in [-0.39, 0.29) is 37.4 Å². The zero-order valence-corrected chi connectivity index (χ0v) is 24.9. The molecular weight excluding hydrogens is 580 g/mol. The number of benzene rings is 2. The number of aliphatic hydroxyl groups is 1. The molecule has 0 bridgehead atoms. The first-order chi connectivity index (χ1) is 20.4. The van der Waals surface area contributed by atoms with E-state index in [4.69, 9.17) is 5.11 Å². The lowest BCUT2D eigenvalue weighted by atomic mass is 9.92. The Bertz CT molecular complexity index is 1710. The Morgan fingerprint density at radius 3 is 2.30 bits per heavy atom. The molecule has 0 atom stereocenters. The number of nitrogens with zero attached hydrogens (tertiary/aromatic N) is 3. The predicted octanol–water partition coefficient (Wildman–Crippen LogP) is 4.46. The third-order valence-electron chi connectivity index (χ3n) is 9.40. The van der Waals surface area contributed by atoms with Gasteiger partial charge in [-0.2, -0.15) is 0 Å². The first kappa shape index (κ1) is 29.6. The smallest absolute Gasteiger partial charge is 0.329 e. The highest BCUT2D eigenvalue weighted by molar-refractivity contribution is 7.92. The summed E-state index contributed by atoms with van der Waals surface area (Å²) in [6, 6.07) is 9.55. The normalized spacial score (nSPS) is 20.0. The Hall–Kier alpha value is -3.45. The number of halogens is 2. The average molecular weight is 618 g/mol. The molecule has 0 unspecified atom stereocenters. The second-order valence-corrected chi connectivity index (χ2v) is 14.2. The van der Waals surface area contributed by atoms with E-state index in [1.54, 1.807) is 41.9 Å². The van der Waals surface area contributed by atoms with Gasteiger partial charge in [0.25, 0.3) is 5.91 Å². The SMILES string of the molecule is Cn1c(=O)n(C2CCC(F)(F)CC2)c2cc(NC(=O)c3ccc(NS(=O)(=O)CCO)cc3N3CCC4(CC3)CC4)ccc21. The van der Waals surface area contributed by atoms with E-state index in [2.05, 4.69) is 14.9 Å². The first-order valence-corrected chi connectivity index (χ1v) is 16.5. The number of rotatable bonds is 8. The summed E-state index contributed by atoms with van der Waals surface area (Å²) in [6.07, 6.45) is 4.27. The van der Waals surface area contributed by atoms with E-state index in [0.717, 1.165) is 25.9 Å². The number of aliphatic hydroxyl groups excluding tert-OH is 1. The van der Waals surface area contributed by atoms with E-state index in [1.807, 2.05) is 0 Å². The minimum absolute atomic E-state index is 0.192. The van der Waals surface area contributed by atoms with Crippen molar-refractivity contribution in [3.05, 3.63) is 52.4 Å². The highest BCUT2D eigenvalue weighted by Crippen LogP contribution is 2.54. The van der Waals surface area contributed by atoms with Crippen molar-refractivity contribution in [1.29, 1.82) is 0 Å². The second kappa shape index (κ2) is 10.9. The third-order valence-corrected chi connectivity index (χ3v) is 10.7. The number of aryl methyl sites for hydroxylation is 1. The number of sulfonamides is 1. The second-order valence-electron chi connectivity index (χ2n) is 12.3. The van der Waals surface area contributed by atoms with Gasteiger partial charge in [0.15, 0.2) is 0 Å². The van der Waals surface area contributed by atoms with E-state index in [1.165, 1.54) is 23.5 Å². The van der Waals surface area contributed by atoms with Crippen LogP contribution >= 0.6 is 0 Å². The van der Waals surface area contributed by atoms with Crippen molar-refractivity contribution >= 4 is 44.0 Å². The molecule has 2 aromatic carbocycles. The quantitative estimate of drug-likeness (QED) is 0.343. The number of anilines is 3. The van der Waals surface area contributed by atoms with Gasteiger partial charge in [-0.25, -0.2) is 22.0 Å². The summed E-state index contributed by atoms with van der Waals surface area (Å²) in [6.45, 7) is 0.981. The summed E-state index contributed by atoms with van der Waals surface area (Å²) >= 11 is 0. The molecule has 43 heavy (non-hydrogen) atoms. The van der Waals surface area contributed by atoms with Crippen LogP contribution in [0.3, 0.4) is 0 Å². The molecule has 13 heteroatoms. The number of imidazole rings is 1. The Morgan fingerprint density at radius 1 is 0.977 bits per heavy atom. The topological polar surface area (TPSA) is 126 Å². The molecule has 0 radical (unpaired) electrons. The molecule has 3 aliphatic rings. The summed E-state index contributed by atoms with van der Waals surface area (Å²) in [4.78, 5) is 29.0.